The lowest BCUT2D eigenvalue weighted by Gasteiger charge is -2.49. The summed E-state index contributed by atoms with van der Waals surface area (Å²) in [6.07, 6.45) is 5.95. The van der Waals surface area contributed by atoms with Gasteiger partial charge in [0, 0.05) is 55.9 Å². The molecule has 2 atom stereocenters. The summed E-state index contributed by atoms with van der Waals surface area (Å²) in [5.41, 5.74) is 2.15. The number of piperidine rings is 2. The minimum absolute atomic E-state index is 0.189. The van der Waals surface area contributed by atoms with Gasteiger partial charge in [-0.15, -0.1) is 0 Å². The fraction of sp³-hybridized carbons (Fsp3) is 0.579. The molecule has 4 saturated heterocycles. The van der Waals surface area contributed by atoms with E-state index in [2.05, 4.69) is 38.7 Å². The van der Waals surface area contributed by atoms with Crippen molar-refractivity contribution in [3.8, 4) is 0 Å². The summed E-state index contributed by atoms with van der Waals surface area (Å²) < 4.78 is 24.9. The second-order valence-electron chi connectivity index (χ2n) is 8.19. The van der Waals surface area contributed by atoms with Crippen LogP contribution in [-0.2, 0) is 10.0 Å². The highest BCUT2D eigenvalue weighted by Gasteiger charge is 2.37. The minimum atomic E-state index is -3.11. The van der Waals surface area contributed by atoms with Crippen molar-refractivity contribution in [3.63, 3.8) is 0 Å². The van der Waals surface area contributed by atoms with Crippen LogP contribution in [0.2, 0.25) is 0 Å². The van der Waals surface area contributed by atoms with Gasteiger partial charge in [0.25, 0.3) is 0 Å². The molecule has 0 spiro atoms. The third-order valence-electron chi connectivity index (χ3n) is 6.11. The van der Waals surface area contributed by atoms with Crippen molar-refractivity contribution in [2.75, 3.05) is 42.7 Å². The first-order chi connectivity index (χ1) is 13.5. The average Bonchev–Trinajstić information content (AvgIpc) is 2.67. The van der Waals surface area contributed by atoms with Crippen LogP contribution in [0.4, 0.5) is 11.6 Å². The molecular weight excluding hydrogens is 376 g/mol. The van der Waals surface area contributed by atoms with E-state index >= 15 is 0 Å². The quantitative estimate of drug-likeness (QED) is 0.789. The molecule has 150 valence electrons. The average molecular weight is 403 g/mol. The summed E-state index contributed by atoms with van der Waals surface area (Å²) in [6.45, 7) is 3.12. The number of hydrogen-bond donors (Lipinski definition) is 2. The third kappa shape index (κ3) is 3.42. The van der Waals surface area contributed by atoms with Gasteiger partial charge in [0.1, 0.15) is 0 Å². The summed E-state index contributed by atoms with van der Waals surface area (Å²) in [5.74, 6) is 0.623. The van der Waals surface area contributed by atoms with Crippen LogP contribution < -0.4 is 15.5 Å². The largest absolute Gasteiger partial charge is 0.367 e. The van der Waals surface area contributed by atoms with Gasteiger partial charge in [0.15, 0.2) is 0 Å². The van der Waals surface area contributed by atoms with Crippen LogP contribution in [-0.4, -0.2) is 73.3 Å². The first-order valence-electron chi connectivity index (χ1n) is 9.94. The maximum atomic E-state index is 11.7. The zero-order valence-corrected chi connectivity index (χ0v) is 16.8. The molecule has 1 aromatic heterocycles. The molecule has 0 unspecified atom stereocenters. The van der Waals surface area contributed by atoms with Crippen LogP contribution in [0.3, 0.4) is 0 Å². The number of rotatable bonds is 4. The molecule has 0 amide bonds. The molecule has 2 aromatic rings. The smallest absolute Gasteiger partial charge is 0.223 e. The van der Waals surface area contributed by atoms with E-state index in [1.165, 1.54) is 18.4 Å². The van der Waals surface area contributed by atoms with Crippen LogP contribution in [0, 0.1) is 0 Å². The van der Waals surface area contributed by atoms with E-state index in [-0.39, 0.29) is 6.04 Å². The van der Waals surface area contributed by atoms with Crippen molar-refractivity contribution in [2.45, 2.75) is 37.4 Å². The van der Waals surface area contributed by atoms with E-state index < -0.39 is 10.0 Å². The van der Waals surface area contributed by atoms with Gasteiger partial charge in [0.05, 0.1) is 17.5 Å². The SMILES string of the molecule is CS(=O)(=O)N1CCC(Nc2ncc3cccc(N4C[C@H]5C[C@@H](C4)N5)c3n2)CC1. The Hall–Kier alpha value is -1.97. The van der Waals surface area contributed by atoms with Crippen LogP contribution in [0.5, 0.6) is 0 Å². The van der Waals surface area contributed by atoms with E-state index in [9.17, 15) is 8.42 Å². The number of hydrogen-bond acceptors (Lipinski definition) is 7. The number of aromatic nitrogens is 2. The van der Waals surface area contributed by atoms with E-state index in [0.29, 0.717) is 31.1 Å². The van der Waals surface area contributed by atoms with Gasteiger partial charge < -0.3 is 15.5 Å². The molecule has 9 heteroatoms. The number of fused-ring (bicyclic) bond motifs is 3. The Balaban J connectivity index is 1.34. The molecule has 1 aromatic carbocycles. The van der Waals surface area contributed by atoms with Crippen molar-refractivity contribution in [3.05, 3.63) is 24.4 Å². The Morgan fingerprint density at radius 2 is 1.89 bits per heavy atom. The zero-order valence-electron chi connectivity index (χ0n) is 16.0. The van der Waals surface area contributed by atoms with Crippen molar-refractivity contribution < 1.29 is 8.42 Å². The van der Waals surface area contributed by atoms with E-state index in [1.807, 2.05) is 6.20 Å². The van der Waals surface area contributed by atoms with Crippen LogP contribution in [0.1, 0.15) is 19.3 Å². The number of nitrogens with one attached hydrogen (secondary N) is 2. The number of nitrogens with zero attached hydrogens (tertiary/aromatic N) is 4. The topological polar surface area (TPSA) is 90.5 Å². The van der Waals surface area contributed by atoms with Crippen LogP contribution in [0.15, 0.2) is 24.4 Å². The van der Waals surface area contributed by atoms with Gasteiger partial charge in [-0.2, -0.15) is 0 Å². The van der Waals surface area contributed by atoms with Gasteiger partial charge in [-0.3, -0.25) is 0 Å². The predicted octanol–water partition coefficient (Wildman–Crippen LogP) is 1.02. The molecule has 0 radical (unpaired) electrons. The molecule has 8 nitrogen and oxygen atoms in total. The predicted molar refractivity (Wildman–Crippen MR) is 110 cm³/mol. The van der Waals surface area contributed by atoms with Gasteiger partial charge >= 0.3 is 0 Å². The van der Waals surface area contributed by atoms with Crippen molar-refractivity contribution in [1.29, 1.82) is 0 Å². The van der Waals surface area contributed by atoms with E-state index in [0.717, 1.165) is 36.8 Å². The van der Waals surface area contributed by atoms with Gasteiger partial charge in [0.2, 0.25) is 16.0 Å². The first-order valence-corrected chi connectivity index (χ1v) is 11.8. The van der Waals surface area contributed by atoms with Crippen molar-refractivity contribution in [2.24, 2.45) is 0 Å². The fourth-order valence-electron chi connectivity index (χ4n) is 4.59. The number of piperazine rings is 1. The lowest BCUT2D eigenvalue weighted by molar-refractivity contribution is 0.226. The Bertz CT molecular complexity index is 973. The Kier molecular flexibility index (Phi) is 4.41. The Morgan fingerprint density at radius 3 is 2.57 bits per heavy atom. The highest BCUT2D eigenvalue weighted by molar-refractivity contribution is 7.88. The van der Waals surface area contributed by atoms with Crippen molar-refractivity contribution >= 4 is 32.6 Å². The molecule has 0 aliphatic carbocycles. The third-order valence-corrected chi connectivity index (χ3v) is 7.41. The van der Waals surface area contributed by atoms with Gasteiger partial charge in [-0.25, -0.2) is 22.7 Å². The van der Waals surface area contributed by atoms with Crippen molar-refractivity contribution in [1.82, 2.24) is 19.6 Å². The number of benzene rings is 1. The Morgan fingerprint density at radius 1 is 1.18 bits per heavy atom. The van der Waals surface area contributed by atoms with Gasteiger partial charge in [-0.05, 0) is 25.3 Å². The molecule has 6 rings (SSSR count). The number of sulfonamides is 1. The summed E-state index contributed by atoms with van der Waals surface area (Å²) >= 11 is 0. The molecular formula is C19H26N6O2S. The highest BCUT2D eigenvalue weighted by Crippen LogP contribution is 2.31. The van der Waals surface area contributed by atoms with Crippen LogP contribution >= 0.6 is 0 Å². The maximum absolute atomic E-state index is 11.7. The van der Waals surface area contributed by atoms with Crippen LogP contribution in [0.25, 0.3) is 10.9 Å². The normalized spacial score (nSPS) is 26.2. The summed E-state index contributed by atoms with van der Waals surface area (Å²) in [5, 5.41) is 8.03. The van der Waals surface area contributed by atoms with E-state index in [4.69, 9.17) is 4.98 Å². The molecule has 0 saturated carbocycles. The second-order valence-corrected chi connectivity index (χ2v) is 10.2. The molecule has 28 heavy (non-hydrogen) atoms. The molecule has 4 aliphatic heterocycles. The maximum Gasteiger partial charge on any atom is 0.223 e. The summed E-state index contributed by atoms with van der Waals surface area (Å²) in [6, 6.07) is 7.64. The summed E-state index contributed by atoms with van der Waals surface area (Å²) in [7, 11) is -3.11. The lowest BCUT2D eigenvalue weighted by Crippen LogP contribution is -2.67. The summed E-state index contributed by atoms with van der Waals surface area (Å²) in [4.78, 5) is 11.8. The number of anilines is 2. The monoisotopic (exact) mass is 402 g/mol. The molecule has 2 N–H and O–H groups in total. The minimum Gasteiger partial charge on any atom is -0.367 e. The highest BCUT2D eigenvalue weighted by atomic mass is 32.2. The standard InChI is InChI=1S/C19H26N6O2S/c1-28(26,27)25-7-5-14(6-8-25)22-19-20-10-13-3-2-4-17(18(13)23-19)24-11-15-9-16(12-24)21-15/h2-4,10,14-16,21H,5-9,11-12H2,1H3,(H,20,22,23)/t15-,16+. The lowest BCUT2D eigenvalue weighted by atomic mass is 9.91. The molecule has 2 bridgehead atoms. The second kappa shape index (κ2) is 6.82. The molecule has 4 aliphatic rings. The Labute approximate surface area is 165 Å². The molecule has 5 heterocycles. The number of para-hydroxylation sites is 1. The first kappa shape index (κ1) is 18.1. The van der Waals surface area contributed by atoms with E-state index in [1.54, 1.807) is 4.31 Å². The molecule has 4 fully saturated rings. The van der Waals surface area contributed by atoms with Gasteiger partial charge in [-0.1, -0.05) is 12.1 Å². The fourth-order valence-corrected chi connectivity index (χ4v) is 5.46. The zero-order chi connectivity index (χ0) is 19.3.